The fraction of sp³-hybridized carbons (Fsp3) is 0.0833. The van der Waals surface area contributed by atoms with Crippen molar-refractivity contribution in [1.82, 2.24) is 9.66 Å². The first-order valence-electron chi connectivity index (χ1n) is 9.98. The highest BCUT2D eigenvalue weighted by Gasteiger charge is 2.31. The van der Waals surface area contributed by atoms with E-state index in [2.05, 4.69) is 10.1 Å². The molecule has 0 unspecified atom stereocenters. The zero-order chi connectivity index (χ0) is 24.3. The summed E-state index contributed by atoms with van der Waals surface area (Å²) in [5, 5.41) is 4.47. The highest BCUT2D eigenvalue weighted by molar-refractivity contribution is 5.85. The number of carbonyl (C=O) groups is 1. The van der Waals surface area contributed by atoms with Crippen LogP contribution in [0, 0.1) is 0 Å². The maximum Gasteiger partial charge on any atom is 0.416 e. The average molecular weight is 466 g/mol. The molecule has 0 radical (unpaired) electrons. The van der Waals surface area contributed by atoms with Gasteiger partial charge in [-0.2, -0.15) is 22.9 Å². The van der Waals surface area contributed by atoms with Crippen LogP contribution in [0.5, 0.6) is 5.75 Å². The maximum atomic E-state index is 13.3. The lowest BCUT2D eigenvalue weighted by molar-refractivity contribution is -0.137. The molecule has 0 fully saturated rings. The molecule has 34 heavy (non-hydrogen) atoms. The average Bonchev–Trinajstić information content (AvgIpc) is 2.82. The number of amides is 1. The number of aromatic nitrogens is 2. The predicted octanol–water partition coefficient (Wildman–Crippen LogP) is 3.83. The Labute approximate surface area is 190 Å². The zero-order valence-corrected chi connectivity index (χ0v) is 17.5. The van der Waals surface area contributed by atoms with E-state index in [1.54, 1.807) is 48.5 Å². The fourth-order valence-corrected chi connectivity index (χ4v) is 3.24. The lowest BCUT2D eigenvalue weighted by Crippen LogP contribution is -2.21. The highest BCUT2D eigenvalue weighted by Crippen LogP contribution is 2.32. The van der Waals surface area contributed by atoms with Gasteiger partial charge in [-0.3, -0.25) is 9.59 Å². The van der Waals surface area contributed by atoms with Crippen molar-refractivity contribution in [2.75, 3.05) is 6.61 Å². The van der Waals surface area contributed by atoms with Gasteiger partial charge in [-0.25, -0.2) is 4.98 Å². The molecule has 0 spiro atoms. The van der Waals surface area contributed by atoms with Crippen LogP contribution in [0.3, 0.4) is 0 Å². The second-order valence-electron chi connectivity index (χ2n) is 7.19. The Hall–Kier alpha value is -4.47. The minimum absolute atomic E-state index is 0.0630. The number of hydrogen-bond donors (Lipinski definition) is 1. The molecule has 0 saturated carbocycles. The Bertz CT molecular complexity index is 1460. The molecule has 0 aliphatic carbocycles. The number of carbonyl (C=O) groups excluding carboxylic acids is 1. The third kappa shape index (κ3) is 4.80. The van der Waals surface area contributed by atoms with Crippen LogP contribution in [0.15, 0.2) is 82.7 Å². The van der Waals surface area contributed by atoms with Gasteiger partial charge in [-0.05, 0) is 36.4 Å². The summed E-state index contributed by atoms with van der Waals surface area (Å²) < 4.78 is 46.2. The van der Waals surface area contributed by atoms with Gasteiger partial charge in [0.15, 0.2) is 12.4 Å². The Morgan fingerprint density at radius 3 is 2.56 bits per heavy atom. The van der Waals surface area contributed by atoms with E-state index in [-0.39, 0.29) is 29.1 Å². The van der Waals surface area contributed by atoms with Crippen LogP contribution in [0.2, 0.25) is 0 Å². The van der Waals surface area contributed by atoms with Gasteiger partial charge in [0.1, 0.15) is 5.75 Å². The molecule has 1 amide bonds. The summed E-state index contributed by atoms with van der Waals surface area (Å²) >= 11 is 0. The molecule has 2 N–H and O–H groups in total. The topological polar surface area (TPSA) is 99.6 Å². The van der Waals surface area contributed by atoms with Crippen molar-refractivity contribution in [3.8, 4) is 17.1 Å². The van der Waals surface area contributed by atoms with E-state index < -0.39 is 23.2 Å². The van der Waals surface area contributed by atoms with Gasteiger partial charge in [0, 0.05) is 11.1 Å². The number of halogens is 3. The van der Waals surface area contributed by atoms with Crippen molar-refractivity contribution >= 4 is 23.0 Å². The van der Waals surface area contributed by atoms with E-state index in [9.17, 15) is 22.8 Å². The predicted molar refractivity (Wildman–Crippen MR) is 121 cm³/mol. The molecule has 3 aromatic carbocycles. The summed E-state index contributed by atoms with van der Waals surface area (Å²) in [6, 6.07) is 17.5. The van der Waals surface area contributed by atoms with Crippen molar-refractivity contribution < 1.29 is 22.7 Å². The smallest absolute Gasteiger partial charge is 0.416 e. The Kier molecular flexibility index (Phi) is 6.13. The second-order valence-corrected chi connectivity index (χ2v) is 7.19. The number of para-hydroxylation sites is 2. The third-order valence-corrected chi connectivity index (χ3v) is 4.80. The van der Waals surface area contributed by atoms with Gasteiger partial charge in [0.25, 0.3) is 11.5 Å². The summed E-state index contributed by atoms with van der Waals surface area (Å²) in [4.78, 5) is 28.7. The van der Waals surface area contributed by atoms with Crippen LogP contribution in [0.1, 0.15) is 11.1 Å². The molecular weight excluding hydrogens is 449 g/mol. The number of primary amides is 1. The Morgan fingerprint density at radius 2 is 1.79 bits per heavy atom. The molecule has 7 nitrogen and oxygen atoms in total. The number of alkyl halides is 3. The standard InChI is InChI=1S/C24H17F3N4O3/c25-24(26,27)17-8-5-7-15(12-17)22-30-19-10-3-2-9-18(19)23(33)31(22)29-13-16-6-1-4-11-20(16)34-14-21(28)32/h1-13H,14H2,(H2,28,32). The van der Waals surface area contributed by atoms with Crippen molar-refractivity contribution in [2.45, 2.75) is 6.18 Å². The molecular formula is C24H17F3N4O3. The van der Waals surface area contributed by atoms with E-state index in [4.69, 9.17) is 10.5 Å². The fourth-order valence-electron chi connectivity index (χ4n) is 3.24. The number of nitrogens with zero attached hydrogens (tertiary/aromatic N) is 3. The monoisotopic (exact) mass is 466 g/mol. The van der Waals surface area contributed by atoms with Crippen molar-refractivity contribution in [1.29, 1.82) is 0 Å². The maximum absolute atomic E-state index is 13.3. The van der Waals surface area contributed by atoms with Crippen LogP contribution in [0.4, 0.5) is 13.2 Å². The lowest BCUT2D eigenvalue weighted by atomic mass is 10.1. The first kappa shape index (κ1) is 22.7. The van der Waals surface area contributed by atoms with Crippen LogP contribution in [0.25, 0.3) is 22.3 Å². The van der Waals surface area contributed by atoms with Crippen LogP contribution in [-0.2, 0) is 11.0 Å². The largest absolute Gasteiger partial charge is 0.483 e. The van der Waals surface area contributed by atoms with Crippen molar-refractivity contribution in [3.05, 3.63) is 94.3 Å². The number of ether oxygens (including phenoxy) is 1. The molecule has 4 aromatic rings. The van der Waals surface area contributed by atoms with Gasteiger partial charge in [-0.1, -0.05) is 36.4 Å². The molecule has 1 aromatic heterocycles. The van der Waals surface area contributed by atoms with E-state index in [0.29, 0.717) is 11.1 Å². The Morgan fingerprint density at radius 1 is 1.06 bits per heavy atom. The van der Waals surface area contributed by atoms with E-state index >= 15 is 0 Å². The summed E-state index contributed by atoms with van der Waals surface area (Å²) in [6.07, 6.45) is -3.27. The number of rotatable bonds is 6. The molecule has 0 bridgehead atoms. The van der Waals surface area contributed by atoms with E-state index in [1.807, 2.05) is 0 Å². The summed E-state index contributed by atoms with van der Waals surface area (Å²) in [6.45, 7) is -0.363. The van der Waals surface area contributed by atoms with Crippen LogP contribution in [-0.4, -0.2) is 28.4 Å². The second kappa shape index (κ2) is 9.18. The van der Waals surface area contributed by atoms with Gasteiger partial charge < -0.3 is 10.5 Å². The summed E-state index contributed by atoms with van der Waals surface area (Å²) in [5.74, 6) is -0.456. The van der Waals surface area contributed by atoms with E-state index in [0.717, 1.165) is 16.8 Å². The van der Waals surface area contributed by atoms with Crippen LogP contribution >= 0.6 is 0 Å². The molecule has 1 heterocycles. The highest BCUT2D eigenvalue weighted by atomic mass is 19.4. The van der Waals surface area contributed by atoms with Crippen LogP contribution < -0.4 is 16.0 Å². The lowest BCUT2D eigenvalue weighted by Gasteiger charge is -2.12. The molecule has 10 heteroatoms. The van der Waals surface area contributed by atoms with E-state index in [1.165, 1.54) is 18.3 Å². The number of hydrogen-bond acceptors (Lipinski definition) is 5. The quantitative estimate of drug-likeness (QED) is 0.437. The van der Waals surface area contributed by atoms with Gasteiger partial charge in [0.05, 0.1) is 22.7 Å². The minimum atomic E-state index is -4.57. The zero-order valence-electron chi connectivity index (χ0n) is 17.5. The SMILES string of the molecule is NC(=O)COc1ccccc1C=Nn1c(-c2cccc(C(F)(F)F)c2)nc2ccccc2c1=O. The molecule has 0 saturated heterocycles. The molecule has 0 atom stereocenters. The molecule has 172 valence electrons. The molecule has 0 aliphatic heterocycles. The number of benzene rings is 3. The number of nitrogens with two attached hydrogens (primary N) is 1. The summed E-state index contributed by atoms with van der Waals surface area (Å²) in [7, 11) is 0. The van der Waals surface area contributed by atoms with Gasteiger partial charge in [-0.15, -0.1) is 0 Å². The van der Waals surface area contributed by atoms with Gasteiger partial charge in [0.2, 0.25) is 0 Å². The first-order chi connectivity index (χ1) is 16.2. The molecule has 0 aliphatic rings. The van der Waals surface area contributed by atoms with Gasteiger partial charge >= 0.3 is 6.18 Å². The first-order valence-corrected chi connectivity index (χ1v) is 9.98. The third-order valence-electron chi connectivity index (χ3n) is 4.80. The summed E-state index contributed by atoms with van der Waals surface area (Å²) in [5.41, 5.74) is 4.47. The minimum Gasteiger partial charge on any atom is -0.483 e. The Balaban J connectivity index is 1.88. The normalized spacial score (nSPS) is 11.7. The number of fused-ring (bicyclic) bond motifs is 1. The van der Waals surface area contributed by atoms with Crippen molar-refractivity contribution in [2.24, 2.45) is 10.8 Å². The van der Waals surface area contributed by atoms with Crippen molar-refractivity contribution in [3.63, 3.8) is 0 Å². The molecule has 4 rings (SSSR count).